The molecule has 5 heteroatoms. The number of rotatable bonds is 6. The lowest BCUT2D eigenvalue weighted by molar-refractivity contribution is -0.132. The lowest BCUT2D eigenvalue weighted by Crippen LogP contribution is -2.35. The quantitative estimate of drug-likeness (QED) is 0.329. The number of oxime groups is 1. The molecule has 0 radical (unpaired) electrons. The number of carbonyl (C=O) groups excluding carboxylic acids is 1. The van der Waals surface area contributed by atoms with Gasteiger partial charge in [-0.15, -0.1) is 0 Å². The lowest BCUT2D eigenvalue weighted by atomic mass is 9.86. The van der Waals surface area contributed by atoms with Crippen molar-refractivity contribution in [1.82, 2.24) is 4.90 Å². The molecule has 0 unspecified atom stereocenters. The standard InChI is InChI=1S/C13H25N3O2/c1-2-16(9-8-12(14)15-18)13(17)10-11-6-4-3-5-7-11/h11,18H,2-10H2,1H3,(H2,14,15). The fraction of sp³-hybridized carbons (Fsp3) is 0.846. The molecule has 0 aromatic carbocycles. The van der Waals surface area contributed by atoms with E-state index in [2.05, 4.69) is 5.16 Å². The second-order valence-electron chi connectivity index (χ2n) is 5.02. The smallest absolute Gasteiger partial charge is 0.222 e. The van der Waals surface area contributed by atoms with Gasteiger partial charge in [0.15, 0.2) is 0 Å². The fourth-order valence-corrected chi connectivity index (χ4v) is 2.53. The number of hydrogen-bond donors (Lipinski definition) is 2. The molecule has 0 atom stereocenters. The van der Waals surface area contributed by atoms with Gasteiger partial charge < -0.3 is 15.8 Å². The van der Waals surface area contributed by atoms with E-state index < -0.39 is 0 Å². The van der Waals surface area contributed by atoms with Gasteiger partial charge in [-0.25, -0.2) is 0 Å². The fourth-order valence-electron chi connectivity index (χ4n) is 2.53. The summed E-state index contributed by atoms with van der Waals surface area (Å²) in [5, 5.41) is 11.4. The number of amides is 1. The van der Waals surface area contributed by atoms with Crippen LogP contribution in [0.5, 0.6) is 0 Å². The maximum atomic E-state index is 12.1. The van der Waals surface area contributed by atoms with Crippen LogP contribution in [0, 0.1) is 5.92 Å². The maximum Gasteiger partial charge on any atom is 0.222 e. The summed E-state index contributed by atoms with van der Waals surface area (Å²) in [6.07, 6.45) is 7.28. The van der Waals surface area contributed by atoms with E-state index in [0.29, 0.717) is 31.8 Å². The van der Waals surface area contributed by atoms with E-state index >= 15 is 0 Å². The summed E-state index contributed by atoms with van der Waals surface area (Å²) < 4.78 is 0. The monoisotopic (exact) mass is 255 g/mol. The summed E-state index contributed by atoms with van der Waals surface area (Å²) >= 11 is 0. The van der Waals surface area contributed by atoms with Crippen LogP contribution in [0.1, 0.15) is 51.9 Å². The minimum atomic E-state index is 0.180. The molecule has 5 nitrogen and oxygen atoms in total. The maximum absolute atomic E-state index is 12.1. The molecule has 0 heterocycles. The van der Waals surface area contributed by atoms with Gasteiger partial charge in [-0.2, -0.15) is 0 Å². The summed E-state index contributed by atoms with van der Waals surface area (Å²) in [4.78, 5) is 13.9. The zero-order valence-electron chi connectivity index (χ0n) is 11.3. The van der Waals surface area contributed by atoms with Crippen molar-refractivity contribution in [2.24, 2.45) is 16.8 Å². The summed E-state index contributed by atoms with van der Waals surface area (Å²) in [5.74, 6) is 0.943. The zero-order chi connectivity index (χ0) is 13.4. The highest BCUT2D eigenvalue weighted by Crippen LogP contribution is 2.26. The Morgan fingerprint density at radius 3 is 2.61 bits per heavy atom. The zero-order valence-corrected chi connectivity index (χ0v) is 11.3. The third kappa shape index (κ3) is 4.94. The number of carbonyl (C=O) groups is 1. The average Bonchev–Trinajstić information content (AvgIpc) is 2.40. The van der Waals surface area contributed by atoms with Crippen LogP contribution >= 0.6 is 0 Å². The van der Waals surface area contributed by atoms with Gasteiger partial charge in [0.05, 0.1) is 0 Å². The Hall–Kier alpha value is -1.26. The molecule has 0 bridgehead atoms. The van der Waals surface area contributed by atoms with Crippen LogP contribution in [0.25, 0.3) is 0 Å². The Balaban J connectivity index is 2.36. The molecule has 1 amide bonds. The van der Waals surface area contributed by atoms with Crippen LogP contribution < -0.4 is 5.73 Å². The van der Waals surface area contributed by atoms with Crippen LogP contribution in [0.15, 0.2) is 5.16 Å². The second kappa shape index (κ2) is 7.95. The molecule has 1 aliphatic carbocycles. The predicted molar refractivity (Wildman–Crippen MR) is 71.5 cm³/mol. The first-order chi connectivity index (χ1) is 8.67. The van der Waals surface area contributed by atoms with Crippen molar-refractivity contribution in [3.63, 3.8) is 0 Å². The van der Waals surface area contributed by atoms with E-state index in [1.165, 1.54) is 32.1 Å². The largest absolute Gasteiger partial charge is 0.409 e. The molecule has 1 saturated carbocycles. The van der Waals surface area contributed by atoms with E-state index in [0.717, 1.165) is 0 Å². The SMILES string of the molecule is CCN(CC/C(N)=N/O)C(=O)CC1CCCCC1. The molecule has 0 aliphatic heterocycles. The van der Waals surface area contributed by atoms with Gasteiger partial charge in [-0.1, -0.05) is 24.4 Å². The topological polar surface area (TPSA) is 78.9 Å². The van der Waals surface area contributed by atoms with Crippen molar-refractivity contribution in [3.8, 4) is 0 Å². The molecule has 18 heavy (non-hydrogen) atoms. The first-order valence-corrected chi connectivity index (χ1v) is 6.91. The van der Waals surface area contributed by atoms with Gasteiger partial charge in [-0.05, 0) is 25.7 Å². The Kier molecular flexibility index (Phi) is 6.54. The Labute approximate surface area is 109 Å². The molecule has 1 rings (SSSR count). The van der Waals surface area contributed by atoms with Crippen molar-refractivity contribution in [2.75, 3.05) is 13.1 Å². The molecular formula is C13H25N3O2. The highest BCUT2D eigenvalue weighted by Gasteiger charge is 2.20. The predicted octanol–water partition coefficient (Wildman–Crippen LogP) is 1.94. The highest BCUT2D eigenvalue weighted by atomic mass is 16.4. The molecule has 0 aromatic heterocycles. The Bertz CT molecular complexity index is 286. The Morgan fingerprint density at radius 1 is 1.39 bits per heavy atom. The van der Waals surface area contributed by atoms with Gasteiger partial charge in [0, 0.05) is 25.9 Å². The molecular weight excluding hydrogens is 230 g/mol. The van der Waals surface area contributed by atoms with Gasteiger partial charge in [-0.3, -0.25) is 4.79 Å². The molecule has 0 spiro atoms. The van der Waals surface area contributed by atoms with Gasteiger partial charge in [0.1, 0.15) is 5.84 Å². The minimum absolute atomic E-state index is 0.180. The van der Waals surface area contributed by atoms with Crippen LogP contribution in [-0.4, -0.2) is 34.9 Å². The third-order valence-corrected chi connectivity index (χ3v) is 3.69. The molecule has 104 valence electrons. The third-order valence-electron chi connectivity index (χ3n) is 3.69. The molecule has 0 aromatic rings. The van der Waals surface area contributed by atoms with Crippen LogP contribution in [0.4, 0.5) is 0 Å². The number of nitrogens with two attached hydrogens (primary N) is 1. The molecule has 1 fully saturated rings. The van der Waals surface area contributed by atoms with E-state index in [1.54, 1.807) is 4.90 Å². The lowest BCUT2D eigenvalue weighted by Gasteiger charge is -2.26. The number of amidine groups is 1. The molecule has 1 aliphatic rings. The van der Waals surface area contributed by atoms with Gasteiger partial charge >= 0.3 is 0 Å². The van der Waals surface area contributed by atoms with Crippen molar-refractivity contribution in [1.29, 1.82) is 0 Å². The highest BCUT2D eigenvalue weighted by molar-refractivity contribution is 5.81. The van der Waals surface area contributed by atoms with Crippen molar-refractivity contribution in [2.45, 2.75) is 51.9 Å². The van der Waals surface area contributed by atoms with Crippen molar-refractivity contribution in [3.05, 3.63) is 0 Å². The van der Waals surface area contributed by atoms with Crippen LogP contribution in [0.3, 0.4) is 0 Å². The van der Waals surface area contributed by atoms with E-state index in [9.17, 15) is 4.79 Å². The van der Waals surface area contributed by atoms with E-state index in [-0.39, 0.29) is 11.7 Å². The number of hydrogen-bond acceptors (Lipinski definition) is 3. The normalized spacial score (nSPS) is 17.7. The summed E-state index contributed by atoms with van der Waals surface area (Å²) in [7, 11) is 0. The summed E-state index contributed by atoms with van der Waals surface area (Å²) in [5.41, 5.74) is 5.42. The molecule has 0 saturated heterocycles. The van der Waals surface area contributed by atoms with Gasteiger partial charge in [0.25, 0.3) is 0 Å². The van der Waals surface area contributed by atoms with E-state index in [4.69, 9.17) is 10.9 Å². The Morgan fingerprint density at radius 2 is 2.06 bits per heavy atom. The second-order valence-corrected chi connectivity index (χ2v) is 5.02. The van der Waals surface area contributed by atoms with Crippen molar-refractivity contribution >= 4 is 11.7 Å². The summed E-state index contributed by atoms with van der Waals surface area (Å²) in [6, 6.07) is 0. The van der Waals surface area contributed by atoms with Gasteiger partial charge in [0.2, 0.25) is 5.91 Å². The van der Waals surface area contributed by atoms with Crippen molar-refractivity contribution < 1.29 is 10.0 Å². The minimum Gasteiger partial charge on any atom is -0.409 e. The summed E-state index contributed by atoms with van der Waals surface area (Å²) in [6.45, 7) is 3.19. The van der Waals surface area contributed by atoms with Crippen LogP contribution in [-0.2, 0) is 4.79 Å². The van der Waals surface area contributed by atoms with E-state index in [1.807, 2.05) is 6.92 Å². The first kappa shape index (κ1) is 14.8. The number of nitrogens with zero attached hydrogens (tertiary/aromatic N) is 2. The van der Waals surface area contributed by atoms with Crippen LogP contribution in [0.2, 0.25) is 0 Å². The average molecular weight is 255 g/mol. The first-order valence-electron chi connectivity index (χ1n) is 6.91. The molecule has 3 N–H and O–H groups in total.